The summed E-state index contributed by atoms with van der Waals surface area (Å²) >= 11 is 9.52. The second-order valence-electron chi connectivity index (χ2n) is 4.08. The summed E-state index contributed by atoms with van der Waals surface area (Å²) in [6.45, 7) is 0. The second kappa shape index (κ2) is 4.88. The molecule has 0 aliphatic heterocycles. The molecule has 1 N–H and O–H groups in total. The number of carbonyl (C=O) groups is 1. The summed E-state index contributed by atoms with van der Waals surface area (Å²) in [6, 6.07) is 10.3. The van der Waals surface area contributed by atoms with Crippen LogP contribution in [0.4, 0.5) is 0 Å². The van der Waals surface area contributed by atoms with Crippen LogP contribution in [-0.2, 0) is 0 Å². The number of rotatable bonds is 2. The van der Waals surface area contributed by atoms with Gasteiger partial charge < -0.3 is 5.11 Å². The van der Waals surface area contributed by atoms with E-state index in [1.54, 1.807) is 24.3 Å². The molecule has 3 aromatic rings. The van der Waals surface area contributed by atoms with Gasteiger partial charge in [-0.25, -0.2) is 9.48 Å². The fraction of sp³-hybridized carbons (Fsp3) is 0. The first-order valence-electron chi connectivity index (χ1n) is 5.61. The average molecular weight is 353 g/mol. The number of aromatic nitrogens is 3. The van der Waals surface area contributed by atoms with E-state index in [0.29, 0.717) is 21.7 Å². The summed E-state index contributed by atoms with van der Waals surface area (Å²) in [4.78, 5) is 11.2. The van der Waals surface area contributed by atoms with Gasteiger partial charge in [0.15, 0.2) is 0 Å². The lowest BCUT2D eigenvalue weighted by molar-refractivity contribution is 0.0699. The minimum Gasteiger partial charge on any atom is -0.478 e. The monoisotopic (exact) mass is 351 g/mol. The molecule has 7 heteroatoms. The SMILES string of the molecule is O=C(O)c1cccc2c1nnn2-c1ccc(Br)cc1Cl. The zero-order valence-electron chi connectivity index (χ0n) is 9.92. The molecule has 5 nitrogen and oxygen atoms in total. The summed E-state index contributed by atoms with van der Waals surface area (Å²) in [7, 11) is 0. The lowest BCUT2D eigenvalue weighted by Gasteiger charge is -2.05. The number of carboxylic acids is 1. The van der Waals surface area contributed by atoms with Crippen LogP contribution in [0, 0.1) is 0 Å². The van der Waals surface area contributed by atoms with Gasteiger partial charge in [-0.2, -0.15) is 0 Å². The summed E-state index contributed by atoms with van der Waals surface area (Å²) in [5.41, 5.74) is 1.68. The average Bonchev–Trinajstić information content (AvgIpc) is 2.82. The number of fused-ring (bicyclic) bond motifs is 1. The molecular formula is C13H7BrClN3O2. The first-order valence-corrected chi connectivity index (χ1v) is 6.78. The van der Waals surface area contributed by atoms with Crippen LogP contribution >= 0.6 is 27.5 Å². The highest BCUT2D eigenvalue weighted by Crippen LogP contribution is 2.27. The molecule has 0 saturated heterocycles. The Kier molecular flexibility index (Phi) is 3.19. The number of carboxylic acid groups (broad SMARTS) is 1. The van der Waals surface area contributed by atoms with E-state index < -0.39 is 5.97 Å². The van der Waals surface area contributed by atoms with Gasteiger partial charge in [-0.05, 0) is 30.3 Å². The molecular weight excluding hydrogens is 346 g/mol. The van der Waals surface area contributed by atoms with Gasteiger partial charge in [0, 0.05) is 4.47 Å². The van der Waals surface area contributed by atoms with Crippen LogP contribution in [0.5, 0.6) is 0 Å². The highest BCUT2D eigenvalue weighted by atomic mass is 79.9. The summed E-state index contributed by atoms with van der Waals surface area (Å²) in [6.07, 6.45) is 0. The summed E-state index contributed by atoms with van der Waals surface area (Å²) < 4.78 is 2.37. The molecule has 0 amide bonds. The molecule has 0 bridgehead atoms. The third kappa shape index (κ3) is 2.07. The van der Waals surface area contributed by atoms with Crippen molar-refractivity contribution >= 4 is 44.5 Å². The highest BCUT2D eigenvalue weighted by Gasteiger charge is 2.15. The van der Waals surface area contributed by atoms with Crippen molar-refractivity contribution in [2.45, 2.75) is 0 Å². The largest absolute Gasteiger partial charge is 0.478 e. The van der Waals surface area contributed by atoms with Crippen LogP contribution in [-0.4, -0.2) is 26.1 Å². The predicted molar refractivity (Wildman–Crippen MR) is 78.5 cm³/mol. The van der Waals surface area contributed by atoms with Crippen molar-refractivity contribution in [1.29, 1.82) is 0 Å². The maximum Gasteiger partial charge on any atom is 0.338 e. The number of hydrogen-bond acceptors (Lipinski definition) is 3. The molecule has 0 aliphatic rings. The Morgan fingerprint density at radius 3 is 2.80 bits per heavy atom. The number of nitrogens with zero attached hydrogens (tertiary/aromatic N) is 3. The van der Waals surface area contributed by atoms with Crippen molar-refractivity contribution in [3.8, 4) is 5.69 Å². The number of hydrogen-bond donors (Lipinski definition) is 1. The third-order valence-corrected chi connectivity index (χ3v) is 3.64. The quantitative estimate of drug-likeness (QED) is 0.766. The smallest absolute Gasteiger partial charge is 0.338 e. The Morgan fingerprint density at radius 1 is 1.30 bits per heavy atom. The topological polar surface area (TPSA) is 68.0 Å². The van der Waals surface area contributed by atoms with Crippen molar-refractivity contribution in [1.82, 2.24) is 15.0 Å². The minimum atomic E-state index is -1.04. The van der Waals surface area contributed by atoms with Crippen LogP contribution in [0.15, 0.2) is 40.9 Å². The van der Waals surface area contributed by atoms with Crippen molar-refractivity contribution in [2.75, 3.05) is 0 Å². The van der Waals surface area contributed by atoms with Gasteiger partial charge in [0.1, 0.15) is 5.52 Å². The zero-order valence-corrected chi connectivity index (χ0v) is 12.3. The Labute approximate surface area is 126 Å². The van der Waals surface area contributed by atoms with Crippen molar-refractivity contribution < 1.29 is 9.90 Å². The van der Waals surface area contributed by atoms with Gasteiger partial charge in [-0.1, -0.05) is 38.8 Å². The number of halogens is 2. The first kappa shape index (κ1) is 13.1. The second-order valence-corrected chi connectivity index (χ2v) is 5.40. The molecule has 100 valence electrons. The van der Waals surface area contributed by atoms with Gasteiger partial charge in [-0.3, -0.25) is 0 Å². The van der Waals surface area contributed by atoms with Crippen LogP contribution in [0.2, 0.25) is 5.02 Å². The van der Waals surface area contributed by atoms with Gasteiger partial charge in [0.25, 0.3) is 0 Å². The first-order chi connectivity index (χ1) is 9.58. The van der Waals surface area contributed by atoms with Crippen LogP contribution in [0.25, 0.3) is 16.7 Å². The van der Waals surface area contributed by atoms with Gasteiger partial charge in [-0.15, -0.1) is 5.10 Å². The van der Waals surface area contributed by atoms with Crippen LogP contribution in [0.3, 0.4) is 0 Å². The molecule has 20 heavy (non-hydrogen) atoms. The van der Waals surface area contributed by atoms with Crippen LogP contribution < -0.4 is 0 Å². The third-order valence-electron chi connectivity index (χ3n) is 2.85. The molecule has 0 fully saturated rings. The summed E-state index contributed by atoms with van der Waals surface area (Å²) in [5.74, 6) is -1.04. The molecule has 1 aromatic heterocycles. The molecule has 1 heterocycles. The van der Waals surface area contributed by atoms with Crippen molar-refractivity contribution in [3.63, 3.8) is 0 Å². The molecule has 0 spiro atoms. The van der Waals surface area contributed by atoms with Gasteiger partial charge in [0.2, 0.25) is 0 Å². The Balaban J connectivity index is 2.28. The van der Waals surface area contributed by atoms with E-state index in [2.05, 4.69) is 26.2 Å². The van der Waals surface area contributed by atoms with Crippen molar-refractivity contribution in [3.05, 3.63) is 51.5 Å². The maximum atomic E-state index is 11.2. The molecule has 0 atom stereocenters. The Hall–Kier alpha value is -1.92. The predicted octanol–water partition coefficient (Wildman–Crippen LogP) is 3.53. The van der Waals surface area contributed by atoms with E-state index in [1.165, 1.54) is 10.7 Å². The normalized spacial score (nSPS) is 10.9. The Bertz CT molecular complexity index is 832. The standard InChI is InChI=1S/C13H7BrClN3O2/c14-7-4-5-10(9(15)6-7)18-11-3-1-2-8(13(19)20)12(11)16-17-18/h1-6H,(H,19,20). The van der Waals surface area contributed by atoms with Gasteiger partial charge >= 0.3 is 5.97 Å². The lowest BCUT2D eigenvalue weighted by Crippen LogP contribution is -1.99. The fourth-order valence-electron chi connectivity index (χ4n) is 1.95. The van der Waals surface area contributed by atoms with E-state index in [9.17, 15) is 4.79 Å². The number of benzene rings is 2. The van der Waals surface area contributed by atoms with E-state index in [4.69, 9.17) is 16.7 Å². The molecule has 0 aliphatic carbocycles. The molecule has 2 aromatic carbocycles. The van der Waals surface area contributed by atoms with Crippen molar-refractivity contribution in [2.24, 2.45) is 0 Å². The van der Waals surface area contributed by atoms with E-state index >= 15 is 0 Å². The molecule has 0 saturated carbocycles. The van der Waals surface area contributed by atoms with E-state index in [0.717, 1.165) is 4.47 Å². The lowest BCUT2D eigenvalue weighted by atomic mass is 10.2. The number of aromatic carboxylic acids is 1. The molecule has 0 radical (unpaired) electrons. The Morgan fingerprint density at radius 2 is 2.10 bits per heavy atom. The zero-order chi connectivity index (χ0) is 14.3. The van der Waals surface area contributed by atoms with E-state index in [1.807, 2.05) is 6.07 Å². The molecule has 0 unspecified atom stereocenters. The summed E-state index contributed by atoms with van der Waals surface area (Å²) in [5, 5.41) is 17.6. The fourth-order valence-corrected chi connectivity index (χ4v) is 2.70. The van der Waals surface area contributed by atoms with Gasteiger partial charge in [0.05, 0.1) is 21.8 Å². The maximum absolute atomic E-state index is 11.2. The molecule has 3 rings (SSSR count). The highest BCUT2D eigenvalue weighted by molar-refractivity contribution is 9.10. The van der Waals surface area contributed by atoms with E-state index in [-0.39, 0.29) is 5.56 Å². The minimum absolute atomic E-state index is 0.113. The van der Waals surface area contributed by atoms with Crippen LogP contribution in [0.1, 0.15) is 10.4 Å².